The predicted octanol–water partition coefficient (Wildman–Crippen LogP) is 5.50. The minimum absolute atomic E-state index is 0.441. The van der Waals surface area contributed by atoms with E-state index in [9.17, 15) is 13.6 Å². The third-order valence-electron chi connectivity index (χ3n) is 3.98. The number of fused-ring (bicyclic) bond motifs is 1. The molecular weight excluding hydrogens is 392 g/mol. The van der Waals surface area contributed by atoms with Crippen LogP contribution in [0, 0.1) is 11.6 Å². The van der Waals surface area contributed by atoms with Crippen LogP contribution < -0.4 is 5.32 Å². The largest absolute Gasteiger partial charge is 0.320 e. The summed E-state index contributed by atoms with van der Waals surface area (Å²) in [6, 6.07) is 8.90. The normalized spacial score (nSPS) is 12.3. The quantitative estimate of drug-likeness (QED) is 0.547. The summed E-state index contributed by atoms with van der Waals surface area (Å²) in [6.07, 6.45) is 0.892. The summed E-state index contributed by atoms with van der Waals surface area (Å²) in [5.41, 5.74) is 1.23. The molecule has 1 atom stereocenters. The molecular formula is C19H18ClF2N3OS. The number of hydrogen-bond donors (Lipinski definition) is 1. The van der Waals surface area contributed by atoms with Crippen molar-refractivity contribution in [3.8, 4) is 0 Å². The Kier molecular flexibility index (Phi) is 6.01. The average Bonchev–Trinajstić information content (AvgIpc) is 2.94. The van der Waals surface area contributed by atoms with Gasteiger partial charge in [-0.1, -0.05) is 36.4 Å². The fourth-order valence-electron chi connectivity index (χ4n) is 2.66. The Labute approximate surface area is 164 Å². The molecule has 0 unspecified atom stereocenters. The molecule has 0 spiro atoms. The van der Waals surface area contributed by atoms with Crippen molar-refractivity contribution in [3.05, 3.63) is 53.1 Å². The number of para-hydroxylation sites is 1. The second kappa shape index (κ2) is 8.27. The van der Waals surface area contributed by atoms with Gasteiger partial charge in [0.1, 0.15) is 17.3 Å². The van der Waals surface area contributed by atoms with Crippen molar-refractivity contribution >= 4 is 46.0 Å². The summed E-state index contributed by atoms with van der Waals surface area (Å²) in [6.45, 7) is 4.45. The fourth-order valence-corrected chi connectivity index (χ4v) is 3.78. The zero-order valence-corrected chi connectivity index (χ0v) is 16.4. The van der Waals surface area contributed by atoms with Crippen LogP contribution in [0.4, 0.5) is 14.5 Å². The number of carbonyl (C=O) groups is 1. The van der Waals surface area contributed by atoms with E-state index in [1.54, 1.807) is 19.1 Å². The van der Waals surface area contributed by atoms with E-state index in [1.165, 1.54) is 17.8 Å². The van der Waals surface area contributed by atoms with Gasteiger partial charge in [0.2, 0.25) is 5.91 Å². The van der Waals surface area contributed by atoms with Crippen LogP contribution in [0.25, 0.3) is 11.0 Å². The van der Waals surface area contributed by atoms with Gasteiger partial charge < -0.3 is 9.88 Å². The number of nitrogens with zero attached hydrogens (tertiary/aromatic N) is 2. The predicted molar refractivity (Wildman–Crippen MR) is 105 cm³/mol. The van der Waals surface area contributed by atoms with E-state index in [0.29, 0.717) is 10.2 Å². The van der Waals surface area contributed by atoms with Crippen LogP contribution in [0.3, 0.4) is 0 Å². The second-order valence-electron chi connectivity index (χ2n) is 6.03. The van der Waals surface area contributed by atoms with E-state index < -0.39 is 28.5 Å². The van der Waals surface area contributed by atoms with E-state index in [0.717, 1.165) is 36.1 Å². The number of hydrogen-bond acceptors (Lipinski definition) is 3. The zero-order valence-electron chi connectivity index (χ0n) is 14.8. The van der Waals surface area contributed by atoms with E-state index in [1.807, 2.05) is 17.6 Å². The lowest BCUT2D eigenvalue weighted by atomic mass is 10.3. The van der Waals surface area contributed by atoms with Gasteiger partial charge in [-0.15, -0.1) is 0 Å². The van der Waals surface area contributed by atoms with Crippen LogP contribution in [0.1, 0.15) is 20.3 Å². The molecule has 0 aliphatic heterocycles. The second-order valence-corrected chi connectivity index (χ2v) is 7.77. The zero-order chi connectivity index (χ0) is 19.6. The van der Waals surface area contributed by atoms with E-state index >= 15 is 0 Å². The fraction of sp³-hybridized carbons (Fsp3) is 0.263. The smallest absolute Gasteiger partial charge is 0.237 e. The molecule has 0 fully saturated rings. The molecule has 3 rings (SSSR count). The topological polar surface area (TPSA) is 46.9 Å². The van der Waals surface area contributed by atoms with Gasteiger partial charge in [0, 0.05) is 11.6 Å². The number of aryl methyl sites for hydroxylation is 1. The minimum Gasteiger partial charge on any atom is -0.320 e. The van der Waals surface area contributed by atoms with Crippen LogP contribution in [0.15, 0.2) is 41.6 Å². The maximum Gasteiger partial charge on any atom is 0.237 e. The summed E-state index contributed by atoms with van der Waals surface area (Å²) < 4.78 is 29.5. The summed E-state index contributed by atoms with van der Waals surface area (Å²) in [5, 5.41) is 2.96. The number of carbonyl (C=O) groups excluding carboxylic acids is 1. The molecule has 1 aromatic heterocycles. The van der Waals surface area contributed by atoms with Gasteiger partial charge in [0.25, 0.3) is 0 Å². The molecule has 0 aliphatic carbocycles. The molecule has 0 saturated heterocycles. The molecule has 1 amide bonds. The van der Waals surface area contributed by atoms with Gasteiger partial charge in [0.15, 0.2) is 5.16 Å². The number of aromatic nitrogens is 2. The first-order valence-electron chi connectivity index (χ1n) is 8.48. The summed E-state index contributed by atoms with van der Waals surface area (Å²) >= 11 is 7.27. The first kappa shape index (κ1) is 19.6. The third kappa shape index (κ3) is 4.25. The molecule has 0 bridgehead atoms. The number of rotatable bonds is 6. The highest BCUT2D eigenvalue weighted by Gasteiger charge is 2.21. The van der Waals surface area contributed by atoms with Crippen LogP contribution in [-0.2, 0) is 11.3 Å². The van der Waals surface area contributed by atoms with Crippen molar-refractivity contribution in [1.82, 2.24) is 9.55 Å². The van der Waals surface area contributed by atoms with Crippen LogP contribution in [-0.4, -0.2) is 20.7 Å². The maximum atomic E-state index is 13.8. The van der Waals surface area contributed by atoms with Gasteiger partial charge >= 0.3 is 0 Å². The van der Waals surface area contributed by atoms with Crippen molar-refractivity contribution in [1.29, 1.82) is 0 Å². The lowest BCUT2D eigenvalue weighted by Gasteiger charge is -2.14. The highest BCUT2D eigenvalue weighted by Crippen LogP contribution is 2.30. The number of amides is 1. The monoisotopic (exact) mass is 409 g/mol. The lowest BCUT2D eigenvalue weighted by molar-refractivity contribution is -0.115. The molecule has 2 aromatic carbocycles. The Morgan fingerprint density at radius 2 is 2.00 bits per heavy atom. The van der Waals surface area contributed by atoms with Crippen molar-refractivity contribution in [2.24, 2.45) is 0 Å². The van der Waals surface area contributed by atoms with E-state index in [2.05, 4.69) is 10.3 Å². The first-order valence-corrected chi connectivity index (χ1v) is 9.73. The Morgan fingerprint density at radius 1 is 1.30 bits per heavy atom. The number of halogens is 3. The summed E-state index contributed by atoms with van der Waals surface area (Å²) in [4.78, 5) is 17.0. The molecule has 8 heteroatoms. The molecule has 0 aliphatic rings. The molecule has 142 valence electrons. The van der Waals surface area contributed by atoms with E-state index in [-0.39, 0.29) is 0 Å². The first-order chi connectivity index (χ1) is 12.9. The standard InChI is InChI=1S/C19H18ClF2N3OS/c1-3-9-25-16-8-7-12(20)10-15(16)23-19(25)27-11(2)18(26)24-17-13(21)5-4-6-14(17)22/h4-8,10-11H,3,9H2,1-2H3,(H,24,26)/t11-/m1/s1. The lowest BCUT2D eigenvalue weighted by Crippen LogP contribution is -2.24. The van der Waals surface area contributed by atoms with Gasteiger partial charge in [-0.3, -0.25) is 4.79 Å². The Bertz CT molecular complexity index is 972. The Hall–Kier alpha value is -2.12. The van der Waals surface area contributed by atoms with Crippen LogP contribution >= 0.6 is 23.4 Å². The molecule has 1 heterocycles. The molecule has 0 saturated carbocycles. The molecule has 3 aromatic rings. The number of benzene rings is 2. The molecule has 4 nitrogen and oxygen atoms in total. The van der Waals surface area contributed by atoms with Crippen molar-refractivity contribution in [2.45, 2.75) is 37.2 Å². The number of anilines is 1. The summed E-state index contributed by atoms with van der Waals surface area (Å²) in [7, 11) is 0. The molecule has 1 N–H and O–H groups in total. The van der Waals surface area contributed by atoms with Crippen molar-refractivity contribution in [2.75, 3.05) is 5.32 Å². The maximum absolute atomic E-state index is 13.8. The highest BCUT2D eigenvalue weighted by molar-refractivity contribution is 8.00. The minimum atomic E-state index is -0.812. The van der Waals surface area contributed by atoms with Crippen molar-refractivity contribution in [3.63, 3.8) is 0 Å². The molecule has 0 radical (unpaired) electrons. The van der Waals surface area contributed by atoms with Gasteiger partial charge in [0.05, 0.1) is 16.3 Å². The highest BCUT2D eigenvalue weighted by atomic mass is 35.5. The third-order valence-corrected chi connectivity index (χ3v) is 5.31. The van der Waals surface area contributed by atoms with Crippen LogP contribution in [0.5, 0.6) is 0 Å². The Morgan fingerprint density at radius 3 is 2.67 bits per heavy atom. The SMILES string of the molecule is CCCn1c(S[C@H](C)C(=O)Nc2c(F)cccc2F)nc2cc(Cl)ccc21. The number of nitrogens with one attached hydrogen (secondary N) is 1. The molecule has 27 heavy (non-hydrogen) atoms. The average molecular weight is 410 g/mol. The Balaban J connectivity index is 1.83. The number of thioether (sulfide) groups is 1. The van der Waals surface area contributed by atoms with Crippen LogP contribution in [0.2, 0.25) is 5.02 Å². The van der Waals surface area contributed by atoms with E-state index in [4.69, 9.17) is 11.6 Å². The van der Waals surface area contributed by atoms with Crippen molar-refractivity contribution < 1.29 is 13.6 Å². The van der Waals surface area contributed by atoms with Gasteiger partial charge in [-0.2, -0.15) is 0 Å². The van der Waals surface area contributed by atoms with Gasteiger partial charge in [-0.05, 0) is 43.7 Å². The van der Waals surface area contributed by atoms with Gasteiger partial charge in [-0.25, -0.2) is 13.8 Å². The summed E-state index contributed by atoms with van der Waals surface area (Å²) in [5.74, 6) is -2.13. The number of imidazole rings is 1.